The van der Waals surface area contributed by atoms with Crippen LogP contribution in [0.2, 0.25) is 0 Å². The van der Waals surface area contributed by atoms with E-state index >= 15 is 0 Å². The molecule has 1 aliphatic rings. The summed E-state index contributed by atoms with van der Waals surface area (Å²) < 4.78 is 10.2. The first kappa shape index (κ1) is 16.8. The molecule has 1 fully saturated rings. The lowest BCUT2D eigenvalue weighted by Crippen LogP contribution is -2.05. The second-order valence-corrected chi connectivity index (χ2v) is 5.54. The largest absolute Gasteiger partial charge is 0.480 e. The summed E-state index contributed by atoms with van der Waals surface area (Å²) in [4.78, 5) is 28.6. The Balaban J connectivity index is 1.95. The van der Waals surface area contributed by atoms with Crippen LogP contribution in [0.4, 0.5) is 5.82 Å². The lowest BCUT2D eigenvalue weighted by atomic mass is 10.1. The molecular formula is C17H19N5O3. The van der Waals surface area contributed by atoms with Crippen LogP contribution in [-0.2, 0) is 9.53 Å². The molecule has 0 spiro atoms. The van der Waals surface area contributed by atoms with Crippen LogP contribution in [0.15, 0.2) is 18.6 Å². The average molecular weight is 341 g/mol. The summed E-state index contributed by atoms with van der Waals surface area (Å²) in [5.41, 5.74) is 8.09. The maximum Gasteiger partial charge on any atom is 0.330 e. The molecule has 3 rings (SSSR count). The summed E-state index contributed by atoms with van der Waals surface area (Å²) in [7, 11) is 1.54. The Kier molecular flexibility index (Phi) is 4.87. The molecule has 0 saturated heterocycles. The number of aromatic nitrogens is 4. The topological polar surface area (TPSA) is 113 Å². The normalized spacial score (nSPS) is 13.8. The minimum absolute atomic E-state index is 0.248. The summed E-state index contributed by atoms with van der Waals surface area (Å²) in [5, 5.41) is 0. The summed E-state index contributed by atoms with van der Waals surface area (Å²) in [5.74, 6) is 1.01. The van der Waals surface area contributed by atoms with Crippen molar-refractivity contribution in [3.05, 3.63) is 29.9 Å². The van der Waals surface area contributed by atoms with Crippen LogP contribution in [0.5, 0.6) is 5.88 Å². The number of carbonyl (C=O) groups is 1. The summed E-state index contributed by atoms with van der Waals surface area (Å²) >= 11 is 0. The highest BCUT2D eigenvalue weighted by Gasteiger charge is 2.31. The number of nitrogens with two attached hydrogens (primary N) is 1. The van der Waals surface area contributed by atoms with Crippen LogP contribution in [0.1, 0.15) is 36.9 Å². The van der Waals surface area contributed by atoms with Gasteiger partial charge in [-0.2, -0.15) is 0 Å². The van der Waals surface area contributed by atoms with Gasteiger partial charge in [-0.1, -0.05) is 0 Å². The van der Waals surface area contributed by atoms with E-state index in [9.17, 15) is 4.79 Å². The zero-order valence-corrected chi connectivity index (χ0v) is 14.1. The van der Waals surface area contributed by atoms with E-state index in [2.05, 4.69) is 19.9 Å². The van der Waals surface area contributed by atoms with Crippen LogP contribution >= 0.6 is 0 Å². The lowest BCUT2D eigenvalue weighted by molar-refractivity contribution is -0.137. The molecule has 8 nitrogen and oxygen atoms in total. The van der Waals surface area contributed by atoms with Gasteiger partial charge in [0.1, 0.15) is 17.7 Å². The predicted octanol–water partition coefficient (Wildman–Crippen LogP) is 1.98. The molecule has 2 N–H and O–H groups in total. The van der Waals surface area contributed by atoms with E-state index in [1.807, 2.05) is 0 Å². The van der Waals surface area contributed by atoms with E-state index < -0.39 is 5.97 Å². The lowest BCUT2D eigenvalue weighted by Gasteiger charge is -2.11. The Morgan fingerprint density at radius 2 is 2.16 bits per heavy atom. The number of methoxy groups -OCH3 is 1. The van der Waals surface area contributed by atoms with Gasteiger partial charge < -0.3 is 15.2 Å². The van der Waals surface area contributed by atoms with Crippen molar-refractivity contribution < 1.29 is 14.3 Å². The van der Waals surface area contributed by atoms with Crippen molar-refractivity contribution in [2.75, 3.05) is 19.5 Å². The standard InChI is InChI=1S/C17H19N5O3/c1-3-25-12(23)7-6-11-8-19-16(22-15(11)18)13-14(10-4-5-10)20-9-21-17(13)24-2/h6-10H,3-5H2,1-2H3,(H2,18,19,22)/b7-6+. The quantitative estimate of drug-likeness (QED) is 0.627. The van der Waals surface area contributed by atoms with Gasteiger partial charge in [-0.15, -0.1) is 0 Å². The molecule has 2 heterocycles. The molecule has 2 aromatic rings. The van der Waals surface area contributed by atoms with Crippen LogP contribution in [-0.4, -0.2) is 39.6 Å². The maximum absolute atomic E-state index is 11.4. The number of hydrogen-bond donors (Lipinski definition) is 1. The predicted molar refractivity (Wildman–Crippen MR) is 91.7 cm³/mol. The zero-order chi connectivity index (χ0) is 17.8. The summed E-state index contributed by atoms with van der Waals surface area (Å²) in [6, 6.07) is 0. The molecule has 2 aromatic heterocycles. The van der Waals surface area contributed by atoms with Crippen molar-refractivity contribution in [3.8, 4) is 17.3 Å². The van der Waals surface area contributed by atoms with E-state index in [0.717, 1.165) is 18.5 Å². The van der Waals surface area contributed by atoms with E-state index in [0.29, 0.717) is 35.4 Å². The molecule has 25 heavy (non-hydrogen) atoms. The molecule has 0 bridgehead atoms. The number of rotatable bonds is 6. The highest BCUT2D eigenvalue weighted by molar-refractivity contribution is 5.88. The van der Waals surface area contributed by atoms with Gasteiger partial charge in [-0.05, 0) is 25.8 Å². The van der Waals surface area contributed by atoms with Crippen molar-refractivity contribution in [1.29, 1.82) is 0 Å². The second kappa shape index (κ2) is 7.25. The number of carbonyl (C=O) groups excluding carboxylic acids is 1. The number of hydrogen-bond acceptors (Lipinski definition) is 8. The fourth-order valence-corrected chi connectivity index (χ4v) is 2.41. The number of nitrogen functional groups attached to an aromatic ring is 1. The minimum Gasteiger partial charge on any atom is -0.480 e. The van der Waals surface area contributed by atoms with Gasteiger partial charge in [0, 0.05) is 23.8 Å². The summed E-state index contributed by atoms with van der Waals surface area (Å²) in [6.45, 7) is 2.05. The zero-order valence-electron chi connectivity index (χ0n) is 14.1. The number of anilines is 1. The Labute approximate surface area is 145 Å². The smallest absolute Gasteiger partial charge is 0.330 e. The molecule has 8 heteroatoms. The van der Waals surface area contributed by atoms with Gasteiger partial charge in [0.05, 0.1) is 19.4 Å². The Morgan fingerprint density at radius 1 is 1.36 bits per heavy atom. The second-order valence-electron chi connectivity index (χ2n) is 5.54. The van der Waals surface area contributed by atoms with Gasteiger partial charge in [0.15, 0.2) is 5.82 Å². The van der Waals surface area contributed by atoms with Crippen molar-refractivity contribution in [2.45, 2.75) is 25.7 Å². The average Bonchev–Trinajstić information content (AvgIpc) is 3.45. The van der Waals surface area contributed by atoms with Crippen LogP contribution in [0, 0.1) is 0 Å². The van der Waals surface area contributed by atoms with E-state index in [4.69, 9.17) is 15.2 Å². The molecule has 0 unspecified atom stereocenters. The first-order chi connectivity index (χ1) is 12.1. The fourth-order valence-electron chi connectivity index (χ4n) is 2.41. The molecule has 1 aliphatic carbocycles. The van der Waals surface area contributed by atoms with Crippen molar-refractivity contribution >= 4 is 17.9 Å². The van der Waals surface area contributed by atoms with Crippen LogP contribution < -0.4 is 10.5 Å². The number of esters is 1. The van der Waals surface area contributed by atoms with Gasteiger partial charge >= 0.3 is 5.97 Å². The third-order valence-electron chi connectivity index (χ3n) is 3.76. The van der Waals surface area contributed by atoms with E-state index in [-0.39, 0.29) is 5.82 Å². The van der Waals surface area contributed by atoms with Crippen molar-refractivity contribution in [1.82, 2.24) is 19.9 Å². The molecule has 1 saturated carbocycles. The molecule has 0 aliphatic heterocycles. The monoisotopic (exact) mass is 341 g/mol. The number of nitrogens with zero attached hydrogens (tertiary/aromatic N) is 4. The minimum atomic E-state index is -0.444. The first-order valence-corrected chi connectivity index (χ1v) is 8.00. The van der Waals surface area contributed by atoms with Crippen molar-refractivity contribution in [2.24, 2.45) is 0 Å². The van der Waals surface area contributed by atoms with Crippen molar-refractivity contribution in [3.63, 3.8) is 0 Å². The van der Waals surface area contributed by atoms with Gasteiger partial charge in [0.2, 0.25) is 5.88 Å². The molecule has 0 aromatic carbocycles. The van der Waals surface area contributed by atoms with Crippen LogP contribution in [0.25, 0.3) is 17.5 Å². The molecule has 0 amide bonds. The highest BCUT2D eigenvalue weighted by atomic mass is 16.5. The molecular weight excluding hydrogens is 322 g/mol. The van der Waals surface area contributed by atoms with Gasteiger partial charge in [-0.3, -0.25) is 0 Å². The van der Waals surface area contributed by atoms with E-state index in [1.165, 1.54) is 18.5 Å². The molecule has 0 radical (unpaired) electrons. The Hall–Kier alpha value is -3.03. The maximum atomic E-state index is 11.4. The highest BCUT2D eigenvalue weighted by Crippen LogP contribution is 2.44. The Bertz CT molecular complexity index is 818. The van der Waals surface area contributed by atoms with Crippen LogP contribution in [0.3, 0.4) is 0 Å². The van der Waals surface area contributed by atoms with Gasteiger partial charge in [0.25, 0.3) is 0 Å². The Morgan fingerprint density at radius 3 is 2.80 bits per heavy atom. The van der Waals surface area contributed by atoms with Gasteiger partial charge in [-0.25, -0.2) is 24.7 Å². The summed E-state index contributed by atoms with van der Waals surface area (Å²) in [6.07, 6.45) is 8.00. The third kappa shape index (κ3) is 3.73. The fraction of sp³-hybridized carbons (Fsp3) is 0.353. The molecule has 130 valence electrons. The first-order valence-electron chi connectivity index (χ1n) is 8.00. The van der Waals surface area contributed by atoms with E-state index in [1.54, 1.807) is 20.2 Å². The molecule has 0 atom stereocenters. The number of ether oxygens (including phenoxy) is 2. The SMILES string of the molecule is CCOC(=O)/C=C/c1cnc(-c2c(OC)ncnc2C2CC2)nc1N. The third-order valence-corrected chi connectivity index (χ3v) is 3.76.